The first kappa shape index (κ1) is 17.3. The highest BCUT2D eigenvalue weighted by Gasteiger charge is 2.13. The molecule has 0 saturated heterocycles. The van der Waals surface area contributed by atoms with Crippen molar-refractivity contribution in [3.05, 3.63) is 83.9 Å². The van der Waals surface area contributed by atoms with Gasteiger partial charge in [0.05, 0.1) is 7.11 Å². The Hall–Kier alpha value is -3.17. The fourth-order valence-electron chi connectivity index (χ4n) is 3.05. The van der Waals surface area contributed by atoms with E-state index in [0.717, 1.165) is 39.1 Å². The second kappa shape index (κ2) is 7.22. The Morgan fingerprint density at radius 1 is 0.815 bits per heavy atom. The Balaban J connectivity index is 1.92. The molecule has 27 heavy (non-hydrogen) atoms. The summed E-state index contributed by atoms with van der Waals surface area (Å²) in [6.07, 6.45) is 0. The van der Waals surface area contributed by atoms with E-state index in [1.807, 2.05) is 72.8 Å². The lowest BCUT2D eigenvalue weighted by molar-refractivity contribution is 0.415. The minimum absolute atomic E-state index is 0.681. The lowest BCUT2D eigenvalue weighted by Crippen LogP contribution is -1.92. The molecule has 0 fully saturated rings. The molecule has 0 heterocycles. The quantitative estimate of drug-likeness (QED) is 0.411. The monoisotopic (exact) mass is 375 g/mol. The summed E-state index contributed by atoms with van der Waals surface area (Å²) in [5.41, 5.74) is 8.45. The zero-order chi connectivity index (χ0) is 18.8. The van der Waals surface area contributed by atoms with Crippen LogP contribution in [0.2, 0.25) is 5.02 Å². The molecule has 4 aromatic carbocycles. The minimum Gasteiger partial charge on any atom is -0.497 e. The number of hydrogen-bond acceptors (Lipinski definition) is 3. The van der Waals surface area contributed by atoms with Crippen LogP contribution in [0.3, 0.4) is 0 Å². The summed E-state index contributed by atoms with van der Waals surface area (Å²) in [5, 5.41) is 2.71. The predicted octanol–water partition coefficient (Wildman–Crippen LogP) is 6.54. The Kier molecular flexibility index (Phi) is 4.61. The van der Waals surface area contributed by atoms with Gasteiger partial charge in [-0.05, 0) is 71.6 Å². The van der Waals surface area contributed by atoms with Gasteiger partial charge < -0.3 is 15.2 Å². The van der Waals surface area contributed by atoms with Gasteiger partial charge in [0.2, 0.25) is 0 Å². The molecule has 134 valence electrons. The third-order valence-corrected chi connectivity index (χ3v) is 4.65. The summed E-state index contributed by atoms with van der Waals surface area (Å²) in [7, 11) is 1.66. The van der Waals surface area contributed by atoms with Crippen LogP contribution in [0.5, 0.6) is 17.2 Å². The van der Waals surface area contributed by atoms with E-state index in [9.17, 15) is 0 Å². The molecule has 0 aromatic heterocycles. The summed E-state index contributed by atoms with van der Waals surface area (Å²) >= 11 is 6.21. The van der Waals surface area contributed by atoms with Gasteiger partial charge in [0, 0.05) is 21.7 Å². The number of benzene rings is 4. The van der Waals surface area contributed by atoms with Gasteiger partial charge in [-0.3, -0.25) is 0 Å². The topological polar surface area (TPSA) is 44.5 Å². The number of fused-ring (bicyclic) bond motifs is 1. The second-order valence-corrected chi connectivity index (χ2v) is 6.65. The zero-order valence-electron chi connectivity index (χ0n) is 14.8. The Labute approximate surface area is 162 Å². The molecule has 0 spiro atoms. The number of rotatable bonds is 4. The van der Waals surface area contributed by atoms with Crippen molar-refractivity contribution >= 4 is 28.1 Å². The third kappa shape index (κ3) is 3.55. The molecule has 0 amide bonds. The number of anilines is 1. The molecule has 0 unspecified atom stereocenters. The van der Waals surface area contributed by atoms with Crippen LogP contribution in [-0.4, -0.2) is 7.11 Å². The molecule has 0 saturated carbocycles. The normalized spacial score (nSPS) is 10.7. The highest BCUT2D eigenvalue weighted by Crippen LogP contribution is 2.41. The average molecular weight is 376 g/mol. The molecule has 2 N–H and O–H groups in total. The summed E-state index contributed by atoms with van der Waals surface area (Å²) in [6.45, 7) is 0. The smallest absolute Gasteiger partial charge is 0.143 e. The molecule has 3 nitrogen and oxygen atoms in total. The van der Waals surface area contributed by atoms with E-state index in [1.54, 1.807) is 7.11 Å². The molecule has 0 aliphatic heterocycles. The van der Waals surface area contributed by atoms with E-state index >= 15 is 0 Å². The molecule has 0 radical (unpaired) electrons. The average Bonchev–Trinajstić information content (AvgIpc) is 2.69. The van der Waals surface area contributed by atoms with Crippen LogP contribution in [0.1, 0.15) is 0 Å². The van der Waals surface area contributed by atoms with Gasteiger partial charge in [-0.1, -0.05) is 29.8 Å². The maximum atomic E-state index is 6.31. The fourth-order valence-corrected chi connectivity index (χ4v) is 3.24. The van der Waals surface area contributed by atoms with Gasteiger partial charge in [0.1, 0.15) is 17.2 Å². The first-order chi connectivity index (χ1) is 13.1. The van der Waals surface area contributed by atoms with Crippen LogP contribution in [0.25, 0.3) is 21.9 Å². The van der Waals surface area contributed by atoms with E-state index in [2.05, 4.69) is 6.07 Å². The maximum absolute atomic E-state index is 6.31. The largest absolute Gasteiger partial charge is 0.497 e. The molecular formula is C23H18ClNO2. The fraction of sp³-hybridized carbons (Fsp3) is 0.0435. The van der Waals surface area contributed by atoms with Crippen LogP contribution in [0.4, 0.5) is 5.69 Å². The number of halogens is 1. The standard InChI is InChI=1S/C23H18ClNO2/c1-26-20-10-12-22-16(14-20)5-11-21(15-3-2-4-17(24)13-15)23(22)27-19-8-6-18(25)7-9-19/h2-14H,25H2,1H3. The van der Waals surface area contributed by atoms with Gasteiger partial charge in [-0.2, -0.15) is 0 Å². The van der Waals surface area contributed by atoms with Crippen molar-refractivity contribution in [3.8, 4) is 28.4 Å². The van der Waals surface area contributed by atoms with Gasteiger partial charge in [0.25, 0.3) is 0 Å². The highest BCUT2D eigenvalue weighted by molar-refractivity contribution is 6.30. The van der Waals surface area contributed by atoms with Crippen molar-refractivity contribution in [2.75, 3.05) is 12.8 Å². The SMILES string of the molecule is COc1ccc2c(Oc3ccc(N)cc3)c(-c3cccc(Cl)c3)ccc2c1. The Bertz CT molecular complexity index is 1110. The maximum Gasteiger partial charge on any atom is 0.143 e. The number of nitrogen functional groups attached to an aromatic ring is 1. The summed E-state index contributed by atoms with van der Waals surface area (Å²) in [4.78, 5) is 0. The van der Waals surface area contributed by atoms with Crippen LogP contribution < -0.4 is 15.2 Å². The van der Waals surface area contributed by atoms with Crippen molar-refractivity contribution in [2.45, 2.75) is 0 Å². The van der Waals surface area contributed by atoms with Gasteiger partial charge in [-0.15, -0.1) is 0 Å². The second-order valence-electron chi connectivity index (χ2n) is 6.21. The number of ether oxygens (including phenoxy) is 2. The number of nitrogens with two attached hydrogens (primary N) is 1. The van der Waals surface area contributed by atoms with Crippen molar-refractivity contribution in [2.24, 2.45) is 0 Å². The van der Waals surface area contributed by atoms with E-state index in [0.29, 0.717) is 10.7 Å². The van der Waals surface area contributed by atoms with Crippen molar-refractivity contribution in [1.82, 2.24) is 0 Å². The molecular weight excluding hydrogens is 358 g/mol. The Morgan fingerprint density at radius 3 is 2.33 bits per heavy atom. The highest BCUT2D eigenvalue weighted by atomic mass is 35.5. The Morgan fingerprint density at radius 2 is 1.59 bits per heavy atom. The van der Waals surface area contributed by atoms with Crippen LogP contribution >= 0.6 is 11.6 Å². The van der Waals surface area contributed by atoms with Crippen molar-refractivity contribution in [1.29, 1.82) is 0 Å². The summed E-state index contributed by atoms with van der Waals surface area (Å²) in [5.74, 6) is 2.29. The lowest BCUT2D eigenvalue weighted by Gasteiger charge is -2.15. The van der Waals surface area contributed by atoms with E-state index < -0.39 is 0 Å². The van der Waals surface area contributed by atoms with E-state index in [1.165, 1.54) is 0 Å². The number of hydrogen-bond donors (Lipinski definition) is 1. The molecule has 0 aliphatic carbocycles. The van der Waals surface area contributed by atoms with Crippen molar-refractivity contribution < 1.29 is 9.47 Å². The molecule has 0 bridgehead atoms. The first-order valence-corrected chi connectivity index (χ1v) is 8.92. The molecule has 0 aliphatic rings. The van der Waals surface area contributed by atoms with Gasteiger partial charge in [-0.25, -0.2) is 0 Å². The first-order valence-electron chi connectivity index (χ1n) is 8.54. The lowest BCUT2D eigenvalue weighted by atomic mass is 9.99. The zero-order valence-corrected chi connectivity index (χ0v) is 15.5. The predicted molar refractivity (Wildman–Crippen MR) is 112 cm³/mol. The van der Waals surface area contributed by atoms with Crippen LogP contribution in [0.15, 0.2) is 78.9 Å². The van der Waals surface area contributed by atoms with Crippen LogP contribution in [-0.2, 0) is 0 Å². The summed E-state index contributed by atoms with van der Waals surface area (Å²) < 4.78 is 11.7. The van der Waals surface area contributed by atoms with E-state index in [4.69, 9.17) is 26.8 Å². The minimum atomic E-state index is 0.681. The van der Waals surface area contributed by atoms with Crippen molar-refractivity contribution in [3.63, 3.8) is 0 Å². The molecule has 4 aromatic rings. The van der Waals surface area contributed by atoms with E-state index in [-0.39, 0.29) is 0 Å². The third-order valence-electron chi connectivity index (χ3n) is 4.41. The molecule has 4 heteroatoms. The van der Waals surface area contributed by atoms with Crippen LogP contribution in [0, 0.1) is 0 Å². The molecule has 0 atom stereocenters. The number of methoxy groups -OCH3 is 1. The molecule has 4 rings (SSSR count). The summed E-state index contributed by atoms with van der Waals surface area (Å²) in [6, 6.07) is 25.1. The van der Waals surface area contributed by atoms with Gasteiger partial charge in [0.15, 0.2) is 0 Å². The van der Waals surface area contributed by atoms with Gasteiger partial charge >= 0.3 is 0 Å².